The number of methoxy groups -OCH3 is 2. The van der Waals surface area contributed by atoms with Crippen molar-refractivity contribution in [1.29, 1.82) is 0 Å². The standard InChI is InChI=1S/C31H28N2O4S/c1-4-37-21-12-9-19(10-13-21)17-27-30(34)33-29(25-18-22(35-2)14-16-26(25)36-3)24-15-11-20-7-5-6-8-23(20)28(24)32-31(33)38-27/h5-10,12-14,16-18,29H,4,11,15H2,1-3H3/b27-17+/t29-/m1/s1. The maximum absolute atomic E-state index is 14.0. The van der Waals surface area contributed by atoms with Crippen LogP contribution in [0.1, 0.15) is 41.6 Å². The number of thiazole rings is 1. The summed E-state index contributed by atoms with van der Waals surface area (Å²) in [4.78, 5) is 19.8. The molecule has 0 fully saturated rings. The Balaban J connectivity index is 1.59. The van der Waals surface area contributed by atoms with Crippen LogP contribution in [0.4, 0.5) is 0 Å². The molecule has 0 unspecified atom stereocenters. The van der Waals surface area contributed by atoms with E-state index >= 15 is 0 Å². The van der Waals surface area contributed by atoms with Crippen LogP contribution < -0.4 is 29.1 Å². The molecule has 1 aliphatic carbocycles. The Bertz CT molecular complexity index is 1730. The molecule has 3 aromatic carbocycles. The third kappa shape index (κ3) is 4.13. The summed E-state index contributed by atoms with van der Waals surface area (Å²) in [5.74, 6) is 2.24. The highest BCUT2D eigenvalue weighted by atomic mass is 32.1. The van der Waals surface area contributed by atoms with Crippen molar-refractivity contribution in [3.63, 3.8) is 0 Å². The van der Waals surface area contributed by atoms with Gasteiger partial charge < -0.3 is 14.2 Å². The van der Waals surface area contributed by atoms with Crippen molar-refractivity contribution in [3.05, 3.63) is 114 Å². The molecule has 2 heterocycles. The number of rotatable bonds is 6. The number of benzene rings is 3. The van der Waals surface area contributed by atoms with Gasteiger partial charge in [-0.2, -0.15) is 0 Å². The van der Waals surface area contributed by atoms with Crippen molar-refractivity contribution in [2.75, 3.05) is 20.8 Å². The minimum absolute atomic E-state index is 0.0667. The van der Waals surface area contributed by atoms with E-state index in [4.69, 9.17) is 19.2 Å². The summed E-state index contributed by atoms with van der Waals surface area (Å²) in [5, 5.41) is 0. The number of allylic oxidation sites excluding steroid dienone is 1. The van der Waals surface area contributed by atoms with Gasteiger partial charge in [-0.1, -0.05) is 47.7 Å². The molecular formula is C31H28N2O4S. The van der Waals surface area contributed by atoms with Crippen LogP contribution in [-0.2, 0) is 6.42 Å². The second-order valence-corrected chi connectivity index (χ2v) is 10.2. The Hall–Kier alpha value is -4.10. The maximum atomic E-state index is 14.0. The van der Waals surface area contributed by atoms with E-state index in [1.165, 1.54) is 16.9 Å². The first-order chi connectivity index (χ1) is 18.6. The number of hydrogen-bond acceptors (Lipinski definition) is 6. The smallest absolute Gasteiger partial charge is 0.271 e. The lowest BCUT2D eigenvalue weighted by atomic mass is 9.83. The quantitative estimate of drug-likeness (QED) is 0.366. The van der Waals surface area contributed by atoms with Crippen LogP contribution in [0.5, 0.6) is 17.2 Å². The molecule has 0 amide bonds. The Kier molecular flexibility index (Phi) is 6.37. The number of aromatic nitrogens is 1. The van der Waals surface area contributed by atoms with Gasteiger partial charge in [0.15, 0.2) is 4.80 Å². The Morgan fingerprint density at radius 2 is 1.79 bits per heavy atom. The molecule has 38 heavy (non-hydrogen) atoms. The van der Waals surface area contributed by atoms with Crippen LogP contribution in [0.2, 0.25) is 0 Å². The van der Waals surface area contributed by atoms with E-state index in [-0.39, 0.29) is 11.6 Å². The average Bonchev–Trinajstić information content (AvgIpc) is 3.26. The van der Waals surface area contributed by atoms with Crippen molar-refractivity contribution in [3.8, 4) is 17.2 Å². The molecule has 0 radical (unpaired) electrons. The lowest BCUT2D eigenvalue weighted by molar-refractivity contribution is 0.340. The Labute approximate surface area is 224 Å². The topological polar surface area (TPSA) is 62.0 Å². The lowest BCUT2D eigenvalue weighted by Crippen LogP contribution is -2.39. The van der Waals surface area contributed by atoms with Gasteiger partial charge in [0.05, 0.1) is 37.1 Å². The van der Waals surface area contributed by atoms with E-state index in [0.29, 0.717) is 27.4 Å². The minimum Gasteiger partial charge on any atom is -0.497 e. The summed E-state index contributed by atoms with van der Waals surface area (Å²) in [5.41, 5.74) is 6.24. The van der Waals surface area contributed by atoms with Crippen molar-refractivity contribution in [2.45, 2.75) is 25.8 Å². The lowest BCUT2D eigenvalue weighted by Gasteiger charge is -2.31. The number of hydrogen-bond donors (Lipinski definition) is 0. The van der Waals surface area contributed by atoms with Crippen molar-refractivity contribution >= 4 is 23.1 Å². The van der Waals surface area contributed by atoms with E-state index < -0.39 is 0 Å². The van der Waals surface area contributed by atoms with Gasteiger partial charge >= 0.3 is 0 Å². The summed E-state index contributed by atoms with van der Waals surface area (Å²) in [6.45, 7) is 2.57. The molecular weight excluding hydrogens is 496 g/mol. The molecule has 6 rings (SSSR count). The largest absolute Gasteiger partial charge is 0.497 e. The molecule has 0 spiro atoms. The Morgan fingerprint density at radius 1 is 1.00 bits per heavy atom. The predicted octanol–water partition coefficient (Wildman–Crippen LogP) is 4.73. The highest BCUT2D eigenvalue weighted by molar-refractivity contribution is 7.07. The van der Waals surface area contributed by atoms with Gasteiger partial charge in [0, 0.05) is 11.1 Å². The fourth-order valence-electron chi connectivity index (χ4n) is 5.33. The summed E-state index contributed by atoms with van der Waals surface area (Å²) in [6, 6.07) is 21.6. The highest BCUT2D eigenvalue weighted by Crippen LogP contribution is 2.44. The van der Waals surface area contributed by atoms with Gasteiger partial charge in [-0.05, 0) is 72.9 Å². The molecule has 192 valence electrons. The van der Waals surface area contributed by atoms with E-state index in [1.807, 2.05) is 66.1 Å². The number of ether oxygens (including phenoxy) is 3. The second-order valence-electron chi connectivity index (χ2n) is 9.22. The molecule has 1 aliphatic heterocycles. The molecule has 0 N–H and O–H groups in total. The first-order valence-corrected chi connectivity index (χ1v) is 13.5. The molecule has 0 bridgehead atoms. The normalized spacial score (nSPS) is 16.3. The zero-order valence-electron chi connectivity index (χ0n) is 21.6. The third-order valence-corrected chi connectivity index (χ3v) is 8.08. The highest BCUT2D eigenvalue weighted by Gasteiger charge is 2.34. The van der Waals surface area contributed by atoms with Crippen LogP contribution in [0.15, 0.2) is 82.1 Å². The number of nitrogens with zero attached hydrogens (tertiary/aromatic N) is 2. The predicted molar refractivity (Wildman–Crippen MR) is 150 cm³/mol. The van der Waals surface area contributed by atoms with E-state index in [0.717, 1.165) is 46.6 Å². The van der Waals surface area contributed by atoms with Gasteiger partial charge in [0.2, 0.25) is 0 Å². The van der Waals surface area contributed by atoms with Gasteiger partial charge in [-0.25, -0.2) is 4.99 Å². The van der Waals surface area contributed by atoms with Crippen molar-refractivity contribution in [1.82, 2.24) is 4.57 Å². The zero-order chi connectivity index (χ0) is 26.2. The maximum Gasteiger partial charge on any atom is 0.271 e. The summed E-state index contributed by atoms with van der Waals surface area (Å²) in [6.07, 6.45) is 3.63. The van der Waals surface area contributed by atoms with Crippen molar-refractivity contribution < 1.29 is 14.2 Å². The van der Waals surface area contributed by atoms with Gasteiger partial charge in [-0.3, -0.25) is 9.36 Å². The molecule has 2 aliphatic rings. The molecule has 0 saturated carbocycles. The van der Waals surface area contributed by atoms with Gasteiger partial charge in [-0.15, -0.1) is 0 Å². The monoisotopic (exact) mass is 524 g/mol. The first-order valence-electron chi connectivity index (χ1n) is 12.7. The van der Waals surface area contributed by atoms with Gasteiger partial charge in [0.25, 0.3) is 5.56 Å². The van der Waals surface area contributed by atoms with E-state index in [2.05, 4.69) is 18.2 Å². The minimum atomic E-state index is -0.345. The fourth-order valence-corrected chi connectivity index (χ4v) is 6.33. The van der Waals surface area contributed by atoms with Crippen LogP contribution in [0.3, 0.4) is 0 Å². The number of aryl methyl sites for hydroxylation is 1. The molecule has 0 saturated heterocycles. The van der Waals surface area contributed by atoms with Crippen molar-refractivity contribution in [2.24, 2.45) is 4.99 Å². The second kappa shape index (κ2) is 9.99. The number of fused-ring (bicyclic) bond motifs is 3. The van der Waals surface area contributed by atoms with Crippen LogP contribution in [0, 0.1) is 0 Å². The SMILES string of the molecule is CCOc1ccc(/C=c2/sc3n(c2=O)[C@@H](c2cc(OC)ccc2OC)C2=C(N=3)c3ccccc3CC2)cc1. The molecule has 4 aromatic rings. The average molecular weight is 525 g/mol. The molecule has 6 nitrogen and oxygen atoms in total. The molecule has 7 heteroatoms. The van der Waals surface area contributed by atoms with Gasteiger partial charge in [0.1, 0.15) is 17.2 Å². The molecule has 1 aromatic heterocycles. The summed E-state index contributed by atoms with van der Waals surface area (Å²) >= 11 is 1.41. The van der Waals surface area contributed by atoms with Crippen LogP contribution >= 0.6 is 11.3 Å². The summed E-state index contributed by atoms with van der Waals surface area (Å²) in [7, 11) is 3.31. The van der Waals surface area contributed by atoms with Crippen LogP contribution in [-0.4, -0.2) is 25.4 Å². The third-order valence-electron chi connectivity index (χ3n) is 7.09. The Morgan fingerprint density at radius 3 is 2.55 bits per heavy atom. The summed E-state index contributed by atoms with van der Waals surface area (Å²) < 4.78 is 19.4. The zero-order valence-corrected chi connectivity index (χ0v) is 22.4. The van der Waals surface area contributed by atoms with Crippen LogP contribution in [0.25, 0.3) is 11.8 Å². The molecule has 1 atom stereocenters. The first kappa shape index (κ1) is 24.2. The van der Waals surface area contributed by atoms with E-state index in [1.54, 1.807) is 14.2 Å². The fraction of sp³-hybridized carbons (Fsp3) is 0.226. The van der Waals surface area contributed by atoms with E-state index in [9.17, 15) is 4.79 Å².